The van der Waals surface area contributed by atoms with E-state index >= 15 is 0 Å². The molecule has 0 radical (unpaired) electrons. The van der Waals surface area contributed by atoms with Crippen LogP contribution in [0.5, 0.6) is 0 Å². The number of carbonyl (C=O) groups is 2. The van der Waals surface area contributed by atoms with Gasteiger partial charge in [-0.2, -0.15) is 5.10 Å². The molecule has 6 heteroatoms. The van der Waals surface area contributed by atoms with Crippen LogP contribution in [0.15, 0.2) is 42.7 Å². The minimum atomic E-state index is -1.07. The average molecular weight is 287 g/mol. The van der Waals surface area contributed by atoms with Crippen LogP contribution < -0.4 is 4.90 Å². The zero-order chi connectivity index (χ0) is 15.4. The standard InChI is InChI=1S/C15H17N3O3/c1-11(2)18-9-12(8-16-18)15(21)17(10-14(19)20)13-6-4-3-5-7-13/h3-9,11H,10H2,1-2H3,(H,19,20). The van der Waals surface area contributed by atoms with E-state index in [0.717, 1.165) is 0 Å². The maximum Gasteiger partial charge on any atom is 0.323 e. The molecule has 0 aliphatic carbocycles. The number of anilines is 1. The quantitative estimate of drug-likeness (QED) is 0.914. The van der Waals surface area contributed by atoms with Gasteiger partial charge in [0.15, 0.2) is 0 Å². The Labute approximate surface area is 122 Å². The summed E-state index contributed by atoms with van der Waals surface area (Å²) in [7, 11) is 0. The zero-order valence-electron chi connectivity index (χ0n) is 11.9. The molecule has 0 saturated carbocycles. The van der Waals surface area contributed by atoms with Crippen molar-refractivity contribution in [3.05, 3.63) is 48.3 Å². The van der Waals surface area contributed by atoms with Crippen LogP contribution in [-0.4, -0.2) is 33.3 Å². The summed E-state index contributed by atoms with van der Waals surface area (Å²) in [5.41, 5.74) is 0.913. The smallest absolute Gasteiger partial charge is 0.323 e. The van der Waals surface area contributed by atoms with Gasteiger partial charge in [-0.25, -0.2) is 0 Å². The van der Waals surface area contributed by atoms with E-state index in [0.29, 0.717) is 11.3 Å². The Balaban J connectivity index is 2.31. The van der Waals surface area contributed by atoms with Crippen LogP contribution in [0.4, 0.5) is 5.69 Å². The highest BCUT2D eigenvalue weighted by atomic mass is 16.4. The largest absolute Gasteiger partial charge is 0.480 e. The molecule has 1 aromatic heterocycles. The first-order chi connectivity index (χ1) is 9.99. The molecule has 0 unspecified atom stereocenters. The molecular weight excluding hydrogens is 270 g/mol. The highest BCUT2D eigenvalue weighted by Crippen LogP contribution is 2.17. The van der Waals surface area contributed by atoms with Crippen LogP contribution in [0.25, 0.3) is 0 Å². The highest BCUT2D eigenvalue weighted by Gasteiger charge is 2.21. The van der Waals surface area contributed by atoms with Gasteiger partial charge in [0.2, 0.25) is 0 Å². The summed E-state index contributed by atoms with van der Waals surface area (Å²) in [6, 6.07) is 8.87. The van der Waals surface area contributed by atoms with Crippen molar-refractivity contribution < 1.29 is 14.7 Å². The number of para-hydroxylation sites is 1. The Morgan fingerprint density at radius 1 is 1.29 bits per heavy atom. The normalized spacial score (nSPS) is 10.6. The molecule has 21 heavy (non-hydrogen) atoms. The van der Waals surface area contributed by atoms with Gasteiger partial charge in [0.25, 0.3) is 5.91 Å². The Kier molecular flexibility index (Phi) is 4.37. The molecule has 1 heterocycles. The van der Waals surface area contributed by atoms with Crippen molar-refractivity contribution >= 4 is 17.6 Å². The summed E-state index contributed by atoms with van der Waals surface area (Å²) in [6.45, 7) is 3.51. The lowest BCUT2D eigenvalue weighted by molar-refractivity contribution is -0.135. The molecule has 0 aliphatic heterocycles. The minimum absolute atomic E-state index is 0.135. The van der Waals surface area contributed by atoms with Crippen molar-refractivity contribution in [3.63, 3.8) is 0 Å². The monoisotopic (exact) mass is 287 g/mol. The van der Waals surface area contributed by atoms with Crippen LogP contribution in [0.3, 0.4) is 0 Å². The van der Waals surface area contributed by atoms with Gasteiger partial charge in [-0.1, -0.05) is 18.2 Å². The number of carbonyl (C=O) groups excluding carboxylic acids is 1. The fourth-order valence-corrected chi connectivity index (χ4v) is 1.91. The van der Waals surface area contributed by atoms with E-state index in [4.69, 9.17) is 5.11 Å². The molecule has 6 nitrogen and oxygen atoms in total. The van der Waals surface area contributed by atoms with Gasteiger partial charge >= 0.3 is 5.97 Å². The van der Waals surface area contributed by atoms with Crippen LogP contribution >= 0.6 is 0 Å². The molecule has 1 N–H and O–H groups in total. The third-order valence-corrected chi connectivity index (χ3v) is 2.98. The maximum atomic E-state index is 12.5. The summed E-state index contributed by atoms with van der Waals surface area (Å²) in [4.78, 5) is 24.8. The lowest BCUT2D eigenvalue weighted by Gasteiger charge is -2.20. The van der Waals surface area contributed by atoms with Crippen LogP contribution in [0.2, 0.25) is 0 Å². The first-order valence-electron chi connectivity index (χ1n) is 6.62. The van der Waals surface area contributed by atoms with Gasteiger partial charge in [-0.05, 0) is 26.0 Å². The Morgan fingerprint density at radius 3 is 2.48 bits per heavy atom. The van der Waals surface area contributed by atoms with Crippen LogP contribution in [0.1, 0.15) is 30.2 Å². The highest BCUT2D eigenvalue weighted by molar-refractivity contribution is 6.07. The first-order valence-corrected chi connectivity index (χ1v) is 6.62. The van der Waals surface area contributed by atoms with E-state index in [2.05, 4.69) is 5.10 Å². The number of rotatable bonds is 5. The number of amides is 1. The topological polar surface area (TPSA) is 75.4 Å². The van der Waals surface area contributed by atoms with Gasteiger partial charge in [0, 0.05) is 17.9 Å². The van der Waals surface area contributed by atoms with Crippen molar-refractivity contribution in [3.8, 4) is 0 Å². The lowest BCUT2D eigenvalue weighted by Crippen LogP contribution is -2.35. The zero-order valence-corrected chi connectivity index (χ0v) is 11.9. The lowest BCUT2D eigenvalue weighted by atomic mass is 10.2. The van der Waals surface area contributed by atoms with Gasteiger partial charge < -0.3 is 5.11 Å². The van der Waals surface area contributed by atoms with E-state index in [1.165, 1.54) is 11.1 Å². The van der Waals surface area contributed by atoms with Gasteiger partial charge in [-0.3, -0.25) is 19.2 Å². The van der Waals surface area contributed by atoms with Crippen LogP contribution in [-0.2, 0) is 4.79 Å². The molecule has 2 aromatic rings. The number of nitrogens with zero attached hydrogens (tertiary/aromatic N) is 3. The second-order valence-electron chi connectivity index (χ2n) is 4.92. The van der Waals surface area contributed by atoms with Gasteiger partial charge in [0.05, 0.1) is 11.8 Å². The second-order valence-corrected chi connectivity index (χ2v) is 4.92. The van der Waals surface area contributed by atoms with E-state index in [-0.39, 0.29) is 11.9 Å². The summed E-state index contributed by atoms with van der Waals surface area (Å²) in [5, 5.41) is 13.1. The maximum absolute atomic E-state index is 12.5. The van der Waals surface area contributed by atoms with Crippen molar-refractivity contribution in [2.45, 2.75) is 19.9 Å². The molecule has 0 bridgehead atoms. The summed E-state index contributed by atoms with van der Waals surface area (Å²) < 4.78 is 1.66. The summed E-state index contributed by atoms with van der Waals surface area (Å²) in [6.07, 6.45) is 3.09. The molecule has 1 aromatic carbocycles. The molecule has 0 saturated heterocycles. The number of aliphatic carboxylic acids is 1. The summed E-state index contributed by atoms with van der Waals surface area (Å²) in [5.74, 6) is -1.45. The molecule has 0 fully saturated rings. The van der Waals surface area contributed by atoms with Crippen molar-refractivity contribution in [1.82, 2.24) is 9.78 Å². The molecule has 0 aliphatic rings. The molecule has 2 rings (SSSR count). The number of carboxylic acid groups (broad SMARTS) is 1. The Hall–Kier alpha value is -2.63. The summed E-state index contributed by atoms with van der Waals surface area (Å²) >= 11 is 0. The van der Waals surface area contributed by atoms with Gasteiger partial charge in [0.1, 0.15) is 6.54 Å². The molecular formula is C15H17N3O3. The Morgan fingerprint density at radius 2 is 1.95 bits per heavy atom. The minimum Gasteiger partial charge on any atom is -0.480 e. The van der Waals surface area contributed by atoms with Crippen molar-refractivity contribution in [2.24, 2.45) is 0 Å². The number of hydrogen-bond donors (Lipinski definition) is 1. The third kappa shape index (κ3) is 3.47. The first kappa shape index (κ1) is 14.8. The van der Waals surface area contributed by atoms with E-state index < -0.39 is 12.5 Å². The fraction of sp³-hybridized carbons (Fsp3) is 0.267. The Bertz CT molecular complexity index is 635. The number of carboxylic acids is 1. The second kappa shape index (κ2) is 6.21. The predicted octanol–water partition coefficient (Wildman–Crippen LogP) is 2.20. The molecule has 0 atom stereocenters. The number of hydrogen-bond acceptors (Lipinski definition) is 3. The third-order valence-electron chi connectivity index (χ3n) is 2.98. The van der Waals surface area contributed by atoms with Crippen LogP contribution in [0, 0.1) is 0 Å². The molecule has 110 valence electrons. The molecule has 0 spiro atoms. The van der Waals surface area contributed by atoms with E-state index in [1.54, 1.807) is 35.1 Å². The van der Waals surface area contributed by atoms with Crippen molar-refractivity contribution in [1.29, 1.82) is 0 Å². The average Bonchev–Trinajstić information content (AvgIpc) is 2.95. The van der Waals surface area contributed by atoms with E-state index in [1.807, 2.05) is 19.9 Å². The predicted molar refractivity (Wildman–Crippen MR) is 78.4 cm³/mol. The number of aromatic nitrogens is 2. The van der Waals surface area contributed by atoms with Gasteiger partial charge in [-0.15, -0.1) is 0 Å². The fourth-order valence-electron chi connectivity index (χ4n) is 1.91. The van der Waals surface area contributed by atoms with Crippen molar-refractivity contribution in [2.75, 3.05) is 11.4 Å². The van der Waals surface area contributed by atoms with E-state index in [9.17, 15) is 9.59 Å². The molecule has 1 amide bonds. The number of benzene rings is 1. The SMILES string of the molecule is CC(C)n1cc(C(=O)N(CC(=O)O)c2ccccc2)cn1.